The highest BCUT2D eigenvalue weighted by Crippen LogP contribution is 2.19. The molecule has 0 saturated heterocycles. The molecule has 1 aliphatic rings. The van der Waals surface area contributed by atoms with Crippen LogP contribution in [0.25, 0.3) is 0 Å². The van der Waals surface area contributed by atoms with Gasteiger partial charge in [0.25, 0.3) is 0 Å². The number of amides is 1. The summed E-state index contributed by atoms with van der Waals surface area (Å²) in [5.41, 5.74) is 8.55. The summed E-state index contributed by atoms with van der Waals surface area (Å²) in [4.78, 5) is 26.1. The van der Waals surface area contributed by atoms with Crippen molar-refractivity contribution in [1.82, 2.24) is 14.7 Å². The highest BCUT2D eigenvalue weighted by Gasteiger charge is 2.23. The van der Waals surface area contributed by atoms with Crippen LogP contribution in [0.1, 0.15) is 28.4 Å². The monoisotopic (exact) mass is 328 g/mol. The van der Waals surface area contributed by atoms with Crippen molar-refractivity contribution < 1.29 is 14.3 Å². The zero-order chi connectivity index (χ0) is 17.1. The van der Waals surface area contributed by atoms with E-state index in [1.165, 1.54) is 16.4 Å². The molecule has 1 amide bonds. The van der Waals surface area contributed by atoms with E-state index in [0.717, 1.165) is 12.0 Å². The molecular formula is C17H20N4O3. The number of nitrogens with two attached hydrogens (primary N) is 1. The van der Waals surface area contributed by atoms with E-state index < -0.39 is 5.97 Å². The van der Waals surface area contributed by atoms with Crippen LogP contribution in [0, 0.1) is 0 Å². The predicted molar refractivity (Wildman–Crippen MR) is 88.2 cm³/mol. The number of anilines is 1. The van der Waals surface area contributed by atoms with E-state index in [1.807, 2.05) is 18.2 Å². The van der Waals surface area contributed by atoms with Gasteiger partial charge >= 0.3 is 5.97 Å². The number of aromatic nitrogens is 2. The van der Waals surface area contributed by atoms with Crippen LogP contribution in [-0.4, -0.2) is 39.7 Å². The van der Waals surface area contributed by atoms with E-state index in [2.05, 4.69) is 11.2 Å². The van der Waals surface area contributed by atoms with Crippen LogP contribution >= 0.6 is 0 Å². The van der Waals surface area contributed by atoms with Crippen LogP contribution in [0.2, 0.25) is 0 Å². The Kier molecular flexibility index (Phi) is 4.50. The maximum Gasteiger partial charge on any atom is 0.343 e. The average molecular weight is 328 g/mol. The SMILES string of the molecule is CCOC(=O)c1cnn(CC(=O)N2CCc3ccccc3C2)c1N. The molecule has 0 unspecified atom stereocenters. The van der Waals surface area contributed by atoms with Crippen molar-refractivity contribution in [2.75, 3.05) is 18.9 Å². The second-order valence-corrected chi connectivity index (χ2v) is 5.66. The average Bonchev–Trinajstić information content (AvgIpc) is 2.95. The Balaban J connectivity index is 1.69. The van der Waals surface area contributed by atoms with E-state index >= 15 is 0 Å². The fraction of sp³-hybridized carbons (Fsp3) is 0.353. The first-order chi connectivity index (χ1) is 11.6. The molecule has 7 nitrogen and oxygen atoms in total. The number of nitrogens with zero attached hydrogens (tertiary/aromatic N) is 3. The second kappa shape index (κ2) is 6.74. The van der Waals surface area contributed by atoms with Crippen molar-refractivity contribution in [2.45, 2.75) is 26.4 Å². The molecule has 0 radical (unpaired) electrons. The third-order valence-electron chi connectivity index (χ3n) is 4.14. The minimum absolute atomic E-state index is 0.00735. The van der Waals surface area contributed by atoms with Gasteiger partial charge in [0.05, 0.1) is 12.8 Å². The lowest BCUT2D eigenvalue weighted by Crippen LogP contribution is -2.38. The topological polar surface area (TPSA) is 90.4 Å². The standard InChI is InChI=1S/C17H20N4O3/c1-2-24-17(23)14-9-19-21(16(14)18)11-15(22)20-8-7-12-5-3-4-6-13(12)10-20/h3-6,9H,2,7-8,10-11,18H2,1H3. The Morgan fingerprint density at radius 2 is 2.04 bits per heavy atom. The number of rotatable bonds is 4. The van der Waals surface area contributed by atoms with Gasteiger partial charge in [-0.2, -0.15) is 5.10 Å². The Hall–Kier alpha value is -2.83. The number of ether oxygens (including phenoxy) is 1. The van der Waals surface area contributed by atoms with E-state index in [9.17, 15) is 9.59 Å². The van der Waals surface area contributed by atoms with Gasteiger partial charge in [-0.1, -0.05) is 24.3 Å². The third kappa shape index (κ3) is 3.10. The quantitative estimate of drug-likeness (QED) is 0.853. The van der Waals surface area contributed by atoms with Crippen molar-refractivity contribution in [3.05, 3.63) is 47.2 Å². The zero-order valence-electron chi connectivity index (χ0n) is 13.6. The number of esters is 1. The number of hydrogen-bond acceptors (Lipinski definition) is 5. The molecule has 0 atom stereocenters. The molecule has 7 heteroatoms. The maximum absolute atomic E-state index is 12.5. The molecule has 3 rings (SSSR count). The highest BCUT2D eigenvalue weighted by molar-refractivity contribution is 5.94. The summed E-state index contributed by atoms with van der Waals surface area (Å²) in [5, 5.41) is 4.04. The van der Waals surface area contributed by atoms with Crippen molar-refractivity contribution >= 4 is 17.7 Å². The van der Waals surface area contributed by atoms with Crippen molar-refractivity contribution in [3.63, 3.8) is 0 Å². The van der Waals surface area contributed by atoms with Crippen LogP contribution in [0.4, 0.5) is 5.82 Å². The summed E-state index contributed by atoms with van der Waals surface area (Å²) in [6.45, 7) is 3.24. The number of carbonyl (C=O) groups excluding carboxylic acids is 2. The summed E-state index contributed by atoms with van der Waals surface area (Å²) in [5.74, 6) is -0.450. The van der Waals surface area contributed by atoms with Gasteiger partial charge in [0, 0.05) is 13.1 Å². The van der Waals surface area contributed by atoms with Crippen molar-refractivity contribution in [2.24, 2.45) is 0 Å². The Morgan fingerprint density at radius 3 is 2.79 bits per heavy atom. The summed E-state index contributed by atoms with van der Waals surface area (Å²) >= 11 is 0. The van der Waals surface area contributed by atoms with Gasteiger partial charge in [0.15, 0.2) is 0 Å². The predicted octanol–water partition coefficient (Wildman–Crippen LogP) is 1.23. The molecule has 2 N–H and O–H groups in total. The molecule has 2 aromatic rings. The molecule has 126 valence electrons. The van der Waals surface area contributed by atoms with Crippen LogP contribution < -0.4 is 5.73 Å². The van der Waals surface area contributed by atoms with Crippen LogP contribution in [-0.2, 0) is 29.0 Å². The summed E-state index contributed by atoms with van der Waals surface area (Å²) in [6.07, 6.45) is 2.18. The molecule has 0 fully saturated rings. The summed E-state index contributed by atoms with van der Waals surface area (Å²) < 4.78 is 6.26. The largest absolute Gasteiger partial charge is 0.462 e. The fourth-order valence-corrected chi connectivity index (χ4v) is 2.82. The molecule has 0 spiro atoms. The molecule has 1 aromatic carbocycles. The van der Waals surface area contributed by atoms with E-state index in [0.29, 0.717) is 13.1 Å². The number of carbonyl (C=O) groups is 2. The lowest BCUT2D eigenvalue weighted by molar-refractivity contribution is -0.132. The third-order valence-corrected chi connectivity index (χ3v) is 4.14. The minimum atomic E-state index is -0.527. The van der Waals surface area contributed by atoms with E-state index in [1.54, 1.807) is 11.8 Å². The van der Waals surface area contributed by atoms with E-state index in [4.69, 9.17) is 10.5 Å². The van der Waals surface area contributed by atoms with Gasteiger partial charge < -0.3 is 15.4 Å². The lowest BCUT2D eigenvalue weighted by atomic mass is 10.00. The maximum atomic E-state index is 12.5. The first kappa shape index (κ1) is 16.0. The molecular weight excluding hydrogens is 308 g/mol. The molecule has 24 heavy (non-hydrogen) atoms. The number of hydrogen-bond donors (Lipinski definition) is 1. The Morgan fingerprint density at radius 1 is 1.29 bits per heavy atom. The zero-order valence-corrected chi connectivity index (χ0v) is 13.6. The van der Waals surface area contributed by atoms with Gasteiger partial charge in [-0.3, -0.25) is 4.79 Å². The van der Waals surface area contributed by atoms with Crippen molar-refractivity contribution in [3.8, 4) is 0 Å². The minimum Gasteiger partial charge on any atom is -0.462 e. The van der Waals surface area contributed by atoms with Crippen LogP contribution in [0.3, 0.4) is 0 Å². The molecule has 0 saturated carbocycles. The van der Waals surface area contributed by atoms with Gasteiger partial charge in [0.2, 0.25) is 5.91 Å². The first-order valence-electron chi connectivity index (χ1n) is 7.93. The molecule has 0 aliphatic carbocycles. The molecule has 0 bridgehead atoms. The molecule has 1 aliphatic heterocycles. The van der Waals surface area contributed by atoms with Crippen molar-refractivity contribution in [1.29, 1.82) is 0 Å². The van der Waals surface area contributed by atoms with Gasteiger partial charge in [0.1, 0.15) is 17.9 Å². The van der Waals surface area contributed by atoms with Gasteiger partial charge in [-0.15, -0.1) is 0 Å². The Bertz CT molecular complexity index is 769. The molecule has 1 aromatic heterocycles. The van der Waals surface area contributed by atoms with Gasteiger partial charge in [-0.25, -0.2) is 9.48 Å². The lowest BCUT2D eigenvalue weighted by Gasteiger charge is -2.29. The summed E-state index contributed by atoms with van der Waals surface area (Å²) in [6, 6.07) is 8.12. The fourth-order valence-electron chi connectivity index (χ4n) is 2.82. The van der Waals surface area contributed by atoms with Gasteiger partial charge in [-0.05, 0) is 24.5 Å². The first-order valence-corrected chi connectivity index (χ1v) is 7.93. The molecule has 2 heterocycles. The smallest absolute Gasteiger partial charge is 0.343 e. The normalized spacial score (nSPS) is 13.5. The number of nitrogen functional groups attached to an aromatic ring is 1. The number of fused-ring (bicyclic) bond motifs is 1. The highest BCUT2D eigenvalue weighted by atomic mass is 16.5. The second-order valence-electron chi connectivity index (χ2n) is 5.66. The van der Waals surface area contributed by atoms with Crippen LogP contribution in [0.15, 0.2) is 30.5 Å². The van der Waals surface area contributed by atoms with E-state index in [-0.39, 0.29) is 30.4 Å². The van der Waals surface area contributed by atoms with Crippen LogP contribution in [0.5, 0.6) is 0 Å². The summed E-state index contributed by atoms with van der Waals surface area (Å²) in [7, 11) is 0. The number of benzene rings is 1. The Labute approximate surface area is 140 Å².